The Morgan fingerprint density at radius 2 is 1.75 bits per heavy atom. The van der Waals surface area contributed by atoms with Gasteiger partial charge in [0.25, 0.3) is 5.91 Å². The number of nitrogens with zero attached hydrogens (tertiary/aromatic N) is 1. The fourth-order valence-electron chi connectivity index (χ4n) is 3.28. The molecule has 2 aromatic carbocycles. The van der Waals surface area contributed by atoms with Crippen molar-refractivity contribution in [2.45, 2.75) is 26.3 Å². The third kappa shape index (κ3) is 3.85. The second kappa shape index (κ2) is 7.63. The van der Waals surface area contributed by atoms with Crippen LogP contribution in [0, 0.1) is 5.92 Å². The molecule has 1 aliphatic rings. The van der Waals surface area contributed by atoms with E-state index in [1.165, 1.54) is 5.56 Å². The number of hydrogen-bond acceptors (Lipinski definition) is 2. The summed E-state index contributed by atoms with van der Waals surface area (Å²) in [4.78, 5) is 14.9. The van der Waals surface area contributed by atoms with Gasteiger partial charge in [-0.3, -0.25) is 4.79 Å². The quantitative estimate of drug-likeness (QED) is 0.908. The molecule has 0 bridgehead atoms. The van der Waals surface area contributed by atoms with Gasteiger partial charge in [-0.15, -0.1) is 0 Å². The molecule has 1 heterocycles. The minimum Gasteiger partial charge on any atom is -0.336 e. The second-order valence-electron chi connectivity index (χ2n) is 6.85. The number of rotatable bonds is 5. The van der Waals surface area contributed by atoms with Gasteiger partial charge in [0.2, 0.25) is 0 Å². The summed E-state index contributed by atoms with van der Waals surface area (Å²) in [5.41, 5.74) is 3.09. The minimum absolute atomic E-state index is 0.136. The molecular formula is C21H26N2O. The average Bonchev–Trinajstić information content (AvgIpc) is 3.13. The normalized spacial score (nSPS) is 17.2. The Balaban J connectivity index is 1.75. The van der Waals surface area contributed by atoms with Crippen LogP contribution in [0.15, 0.2) is 54.6 Å². The Labute approximate surface area is 144 Å². The van der Waals surface area contributed by atoms with E-state index in [0.29, 0.717) is 5.92 Å². The number of carbonyl (C=O) groups excluding carboxylic acids is 1. The maximum atomic E-state index is 12.9. The molecule has 1 atom stereocenters. The van der Waals surface area contributed by atoms with Crippen molar-refractivity contribution < 1.29 is 4.79 Å². The number of nitrogens with one attached hydrogen (secondary N) is 1. The van der Waals surface area contributed by atoms with Crippen molar-refractivity contribution in [1.29, 1.82) is 0 Å². The van der Waals surface area contributed by atoms with Gasteiger partial charge in [-0.2, -0.15) is 0 Å². The Bertz CT molecular complexity index is 658. The van der Waals surface area contributed by atoms with E-state index < -0.39 is 0 Å². The zero-order valence-electron chi connectivity index (χ0n) is 14.5. The largest absolute Gasteiger partial charge is 0.336 e. The summed E-state index contributed by atoms with van der Waals surface area (Å²) in [5.74, 6) is 0.705. The third-order valence-corrected chi connectivity index (χ3v) is 4.74. The lowest BCUT2D eigenvalue weighted by atomic mass is 10.0. The Morgan fingerprint density at radius 1 is 1.08 bits per heavy atom. The summed E-state index contributed by atoms with van der Waals surface area (Å²) in [6, 6.07) is 18.5. The summed E-state index contributed by atoms with van der Waals surface area (Å²) in [7, 11) is 0. The highest BCUT2D eigenvalue weighted by Gasteiger charge is 2.24. The molecule has 0 radical (unpaired) electrons. The lowest BCUT2D eigenvalue weighted by molar-refractivity contribution is 0.0677. The molecule has 126 valence electrons. The fourth-order valence-corrected chi connectivity index (χ4v) is 3.28. The summed E-state index contributed by atoms with van der Waals surface area (Å²) in [6.07, 6.45) is 1.16. The van der Waals surface area contributed by atoms with Gasteiger partial charge in [-0.25, -0.2) is 0 Å². The molecule has 24 heavy (non-hydrogen) atoms. The predicted molar refractivity (Wildman–Crippen MR) is 99.0 cm³/mol. The van der Waals surface area contributed by atoms with Crippen LogP contribution in [0.2, 0.25) is 0 Å². The van der Waals surface area contributed by atoms with Crippen LogP contribution in [0.3, 0.4) is 0 Å². The van der Waals surface area contributed by atoms with Crippen LogP contribution in [0.5, 0.6) is 0 Å². The first kappa shape index (κ1) is 16.7. The highest BCUT2D eigenvalue weighted by Crippen LogP contribution is 2.21. The van der Waals surface area contributed by atoms with Gasteiger partial charge < -0.3 is 10.2 Å². The molecule has 3 rings (SSSR count). The lowest BCUT2D eigenvalue weighted by Gasteiger charge is -2.29. The van der Waals surface area contributed by atoms with Gasteiger partial charge in [0.15, 0.2) is 0 Å². The van der Waals surface area contributed by atoms with Gasteiger partial charge in [0.1, 0.15) is 0 Å². The van der Waals surface area contributed by atoms with Crippen molar-refractivity contribution >= 4 is 5.91 Å². The van der Waals surface area contributed by atoms with E-state index in [2.05, 4.69) is 31.3 Å². The fraction of sp³-hybridized carbons (Fsp3) is 0.381. The molecule has 1 saturated heterocycles. The standard InChI is InChI=1S/C21H26N2O/c1-16(2)23(15-17-12-13-22-14-17)21(24)20-10-8-19(9-11-20)18-6-4-3-5-7-18/h3-11,16-17,22H,12-15H2,1-2H3. The zero-order valence-corrected chi connectivity index (χ0v) is 14.5. The van der Waals surface area contributed by atoms with Crippen molar-refractivity contribution in [2.75, 3.05) is 19.6 Å². The molecule has 0 saturated carbocycles. The van der Waals surface area contributed by atoms with E-state index in [0.717, 1.165) is 37.2 Å². The van der Waals surface area contributed by atoms with Crippen LogP contribution < -0.4 is 5.32 Å². The van der Waals surface area contributed by atoms with Crippen LogP contribution in [0.1, 0.15) is 30.6 Å². The second-order valence-corrected chi connectivity index (χ2v) is 6.85. The van der Waals surface area contributed by atoms with Crippen LogP contribution in [-0.4, -0.2) is 36.5 Å². The van der Waals surface area contributed by atoms with E-state index in [9.17, 15) is 4.79 Å². The topological polar surface area (TPSA) is 32.3 Å². The Morgan fingerprint density at radius 3 is 2.33 bits per heavy atom. The molecule has 1 unspecified atom stereocenters. The predicted octanol–water partition coefficient (Wildman–Crippen LogP) is 3.81. The third-order valence-electron chi connectivity index (χ3n) is 4.74. The van der Waals surface area contributed by atoms with Crippen LogP contribution in [0.4, 0.5) is 0 Å². The molecule has 1 aliphatic heterocycles. The van der Waals surface area contributed by atoms with E-state index in [4.69, 9.17) is 0 Å². The van der Waals surface area contributed by atoms with E-state index in [1.54, 1.807) is 0 Å². The molecule has 0 spiro atoms. The van der Waals surface area contributed by atoms with Crippen LogP contribution >= 0.6 is 0 Å². The maximum absolute atomic E-state index is 12.9. The molecule has 3 nitrogen and oxygen atoms in total. The van der Waals surface area contributed by atoms with E-state index in [-0.39, 0.29) is 11.9 Å². The van der Waals surface area contributed by atoms with E-state index >= 15 is 0 Å². The maximum Gasteiger partial charge on any atom is 0.254 e. The van der Waals surface area contributed by atoms with Gasteiger partial charge in [-0.05, 0) is 62.5 Å². The van der Waals surface area contributed by atoms with Gasteiger partial charge in [0, 0.05) is 18.2 Å². The monoisotopic (exact) mass is 322 g/mol. The van der Waals surface area contributed by atoms with Crippen molar-refractivity contribution in [2.24, 2.45) is 5.92 Å². The summed E-state index contributed by atoms with van der Waals surface area (Å²) in [6.45, 7) is 7.11. The highest BCUT2D eigenvalue weighted by atomic mass is 16.2. The highest BCUT2D eigenvalue weighted by molar-refractivity contribution is 5.95. The van der Waals surface area contributed by atoms with Crippen LogP contribution in [-0.2, 0) is 0 Å². The van der Waals surface area contributed by atoms with Crippen molar-refractivity contribution in [3.63, 3.8) is 0 Å². The first-order chi connectivity index (χ1) is 11.6. The van der Waals surface area contributed by atoms with Crippen LogP contribution in [0.25, 0.3) is 11.1 Å². The SMILES string of the molecule is CC(C)N(CC1CCNC1)C(=O)c1ccc(-c2ccccc2)cc1. The summed E-state index contributed by atoms with van der Waals surface area (Å²) >= 11 is 0. The van der Waals surface area contributed by atoms with E-state index in [1.807, 2.05) is 47.4 Å². The Kier molecular flexibility index (Phi) is 5.31. The summed E-state index contributed by atoms with van der Waals surface area (Å²) in [5, 5.41) is 3.38. The zero-order chi connectivity index (χ0) is 16.9. The first-order valence-electron chi connectivity index (χ1n) is 8.82. The molecule has 1 fully saturated rings. The van der Waals surface area contributed by atoms with Crippen molar-refractivity contribution in [3.05, 3.63) is 60.2 Å². The number of amides is 1. The Hall–Kier alpha value is -2.13. The molecule has 1 amide bonds. The lowest BCUT2D eigenvalue weighted by Crippen LogP contribution is -2.40. The van der Waals surface area contributed by atoms with Crippen molar-refractivity contribution in [1.82, 2.24) is 10.2 Å². The minimum atomic E-state index is 0.136. The van der Waals surface area contributed by atoms with Crippen molar-refractivity contribution in [3.8, 4) is 11.1 Å². The molecule has 0 aromatic heterocycles. The smallest absolute Gasteiger partial charge is 0.254 e. The molecule has 2 aromatic rings. The van der Waals surface area contributed by atoms with Gasteiger partial charge >= 0.3 is 0 Å². The van der Waals surface area contributed by atoms with Gasteiger partial charge in [-0.1, -0.05) is 42.5 Å². The first-order valence-corrected chi connectivity index (χ1v) is 8.82. The van der Waals surface area contributed by atoms with Gasteiger partial charge in [0.05, 0.1) is 0 Å². The number of hydrogen-bond donors (Lipinski definition) is 1. The average molecular weight is 322 g/mol. The molecule has 3 heteroatoms. The molecular weight excluding hydrogens is 296 g/mol. The number of carbonyl (C=O) groups is 1. The summed E-state index contributed by atoms with van der Waals surface area (Å²) < 4.78 is 0. The number of benzene rings is 2. The molecule has 0 aliphatic carbocycles. The molecule has 1 N–H and O–H groups in total.